The highest BCUT2D eigenvalue weighted by Gasteiger charge is 2.26. The summed E-state index contributed by atoms with van der Waals surface area (Å²) < 4.78 is 11.0. The van der Waals surface area contributed by atoms with E-state index >= 15 is 0 Å². The molecule has 2 heterocycles. The zero-order valence-corrected chi connectivity index (χ0v) is 22.4. The van der Waals surface area contributed by atoms with Crippen molar-refractivity contribution in [1.29, 1.82) is 0 Å². The van der Waals surface area contributed by atoms with Crippen molar-refractivity contribution in [2.45, 2.75) is 53.6 Å². The van der Waals surface area contributed by atoms with Crippen LogP contribution in [0, 0.1) is 11.3 Å². The van der Waals surface area contributed by atoms with Gasteiger partial charge in [-0.1, -0.05) is 58.0 Å². The summed E-state index contributed by atoms with van der Waals surface area (Å²) >= 11 is 0. The predicted octanol–water partition coefficient (Wildman–Crippen LogP) is 4.43. The van der Waals surface area contributed by atoms with E-state index < -0.39 is 0 Å². The lowest BCUT2D eigenvalue weighted by molar-refractivity contribution is -0.142. The van der Waals surface area contributed by atoms with Gasteiger partial charge in [-0.3, -0.25) is 14.5 Å². The second-order valence-corrected chi connectivity index (χ2v) is 11.2. The van der Waals surface area contributed by atoms with Gasteiger partial charge in [0.1, 0.15) is 5.76 Å². The van der Waals surface area contributed by atoms with Gasteiger partial charge in [0.25, 0.3) is 0 Å². The lowest BCUT2D eigenvalue weighted by atomic mass is 9.84. The smallest absolute Gasteiger partial charge is 0.242 e. The second-order valence-electron chi connectivity index (χ2n) is 11.2. The first-order chi connectivity index (χ1) is 17.2. The van der Waals surface area contributed by atoms with E-state index in [1.54, 1.807) is 16.1 Å². The van der Waals surface area contributed by atoms with Gasteiger partial charge in [-0.2, -0.15) is 0 Å². The van der Waals surface area contributed by atoms with E-state index in [1.165, 1.54) is 0 Å². The molecule has 0 bridgehead atoms. The summed E-state index contributed by atoms with van der Waals surface area (Å²) in [5.41, 5.74) is 1.20. The van der Waals surface area contributed by atoms with Gasteiger partial charge in [-0.15, -0.1) is 0 Å². The third-order valence-electron chi connectivity index (χ3n) is 6.45. The molecule has 1 aliphatic rings. The van der Waals surface area contributed by atoms with Crippen LogP contribution in [0.3, 0.4) is 0 Å². The molecule has 1 fully saturated rings. The Morgan fingerprint density at radius 2 is 1.69 bits per heavy atom. The molecular formula is C29H43N3O4. The van der Waals surface area contributed by atoms with Crippen LogP contribution in [0.2, 0.25) is 0 Å². The van der Waals surface area contributed by atoms with E-state index in [0.29, 0.717) is 39.3 Å². The predicted molar refractivity (Wildman–Crippen MR) is 141 cm³/mol. The fraction of sp³-hybridized carbons (Fsp3) is 0.586. The minimum Gasteiger partial charge on any atom is -0.467 e. The summed E-state index contributed by atoms with van der Waals surface area (Å²) in [5.74, 6) is 0.950. The highest BCUT2D eigenvalue weighted by molar-refractivity contribution is 5.85. The van der Waals surface area contributed by atoms with Crippen molar-refractivity contribution in [3.05, 3.63) is 60.1 Å². The van der Waals surface area contributed by atoms with Crippen LogP contribution in [0.1, 0.15) is 51.9 Å². The maximum Gasteiger partial charge on any atom is 0.242 e. The van der Waals surface area contributed by atoms with E-state index in [-0.39, 0.29) is 29.7 Å². The van der Waals surface area contributed by atoms with E-state index in [0.717, 1.165) is 37.4 Å². The van der Waals surface area contributed by atoms with Crippen LogP contribution in [0.5, 0.6) is 0 Å². The highest BCUT2D eigenvalue weighted by atomic mass is 16.5. The number of ether oxygens (including phenoxy) is 1. The molecule has 0 spiro atoms. The van der Waals surface area contributed by atoms with Crippen molar-refractivity contribution < 1.29 is 18.7 Å². The zero-order valence-electron chi connectivity index (χ0n) is 22.4. The van der Waals surface area contributed by atoms with Crippen molar-refractivity contribution in [3.63, 3.8) is 0 Å². The number of rotatable bonds is 12. The SMILES string of the molecule is CC(CC(=O)N(CCN1CCOCC1)CC(=O)N(Cc1ccccc1)Cc1ccco1)CC(C)(C)C. The molecule has 0 N–H and O–H groups in total. The number of carbonyl (C=O) groups excluding carboxylic acids is 2. The Bertz CT molecular complexity index is 918. The highest BCUT2D eigenvalue weighted by Crippen LogP contribution is 2.26. The molecule has 3 rings (SSSR count). The fourth-order valence-electron chi connectivity index (χ4n) is 4.81. The Balaban J connectivity index is 1.71. The van der Waals surface area contributed by atoms with Gasteiger partial charge >= 0.3 is 0 Å². The molecule has 1 aliphatic heterocycles. The quantitative estimate of drug-likeness (QED) is 0.434. The Hall–Kier alpha value is -2.64. The topological polar surface area (TPSA) is 66.2 Å². The van der Waals surface area contributed by atoms with Crippen LogP contribution in [0.25, 0.3) is 0 Å². The minimum atomic E-state index is -0.0749. The van der Waals surface area contributed by atoms with Gasteiger partial charge in [0.05, 0.1) is 32.6 Å². The number of amides is 2. The van der Waals surface area contributed by atoms with Crippen molar-refractivity contribution in [2.75, 3.05) is 45.9 Å². The van der Waals surface area contributed by atoms with Crippen LogP contribution in [-0.4, -0.2) is 72.5 Å². The summed E-state index contributed by atoms with van der Waals surface area (Å²) in [5, 5.41) is 0. The molecule has 1 aromatic carbocycles. The maximum absolute atomic E-state index is 13.6. The van der Waals surface area contributed by atoms with Crippen LogP contribution in [-0.2, 0) is 27.4 Å². The summed E-state index contributed by atoms with van der Waals surface area (Å²) in [6, 6.07) is 13.6. The minimum absolute atomic E-state index is 0.0472. The molecule has 198 valence electrons. The largest absolute Gasteiger partial charge is 0.467 e. The first-order valence-electron chi connectivity index (χ1n) is 13.1. The van der Waals surface area contributed by atoms with Gasteiger partial charge in [0.15, 0.2) is 0 Å². The Morgan fingerprint density at radius 3 is 2.33 bits per heavy atom. The van der Waals surface area contributed by atoms with Gasteiger partial charge in [0.2, 0.25) is 11.8 Å². The first kappa shape index (κ1) is 27.9. The summed E-state index contributed by atoms with van der Waals surface area (Å²) in [6.45, 7) is 14.0. The Labute approximate surface area is 216 Å². The van der Waals surface area contributed by atoms with Crippen molar-refractivity contribution in [3.8, 4) is 0 Å². The molecule has 1 unspecified atom stereocenters. The van der Waals surface area contributed by atoms with Gasteiger partial charge in [-0.25, -0.2) is 0 Å². The molecular weight excluding hydrogens is 454 g/mol. The number of nitrogens with zero attached hydrogens (tertiary/aromatic N) is 3. The van der Waals surface area contributed by atoms with E-state index in [4.69, 9.17) is 9.15 Å². The van der Waals surface area contributed by atoms with Crippen LogP contribution < -0.4 is 0 Å². The van der Waals surface area contributed by atoms with Crippen LogP contribution in [0.15, 0.2) is 53.1 Å². The average molecular weight is 498 g/mol. The van der Waals surface area contributed by atoms with Crippen LogP contribution in [0.4, 0.5) is 0 Å². The third-order valence-corrected chi connectivity index (χ3v) is 6.45. The maximum atomic E-state index is 13.6. The molecule has 1 atom stereocenters. The average Bonchev–Trinajstić information content (AvgIpc) is 3.34. The molecule has 0 saturated carbocycles. The molecule has 2 aromatic rings. The zero-order chi connectivity index (χ0) is 26.0. The number of furan rings is 1. The Kier molecular flexibility index (Phi) is 10.6. The van der Waals surface area contributed by atoms with E-state index in [9.17, 15) is 9.59 Å². The Morgan fingerprint density at radius 1 is 0.972 bits per heavy atom. The van der Waals surface area contributed by atoms with Crippen molar-refractivity contribution >= 4 is 11.8 Å². The number of benzene rings is 1. The molecule has 36 heavy (non-hydrogen) atoms. The monoisotopic (exact) mass is 497 g/mol. The third kappa shape index (κ3) is 9.78. The number of hydrogen-bond donors (Lipinski definition) is 0. The molecule has 1 aromatic heterocycles. The van der Waals surface area contributed by atoms with Crippen LogP contribution >= 0.6 is 0 Å². The molecule has 7 nitrogen and oxygen atoms in total. The normalized spacial score (nSPS) is 15.4. The number of morpholine rings is 1. The van der Waals surface area contributed by atoms with E-state index in [1.807, 2.05) is 42.5 Å². The first-order valence-corrected chi connectivity index (χ1v) is 13.1. The van der Waals surface area contributed by atoms with E-state index in [2.05, 4.69) is 32.6 Å². The summed E-state index contributed by atoms with van der Waals surface area (Å²) in [6.07, 6.45) is 3.03. The number of carbonyl (C=O) groups is 2. The second kappa shape index (κ2) is 13.6. The van der Waals surface area contributed by atoms with Crippen molar-refractivity contribution in [1.82, 2.24) is 14.7 Å². The van der Waals surface area contributed by atoms with Gasteiger partial charge < -0.3 is 19.0 Å². The summed E-state index contributed by atoms with van der Waals surface area (Å²) in [4.78, 5) is 32.9. The fourth-order valence-corrected chi connectivity index (χ4v) is 4.81. The standard InChI is InChI=1S/C29H43N3O4/c1-24(20-29(2,3)4)19-27(33)31(13-12-30-14-17-35-18-15-30)23-28(34)32(22-26-11-8-16-36-26)21-25-9-6-5-7-10-25/h5-11,16,24H,12-15,17-23H2,1-4H3. The van der Waals surface area contributed by atoms with Gasteiger partial charge in [-0.05, 0) is 35.4 Å². The molecule has 7 heteroatoms. The molecule has 1 saturated heterocycles. The van der Waals surface area contributed by atoms with Gasteiger partial charge in [0, 0.05) is 39.1 Å². The number of hydrogen-bond acceptors (Lipinski definition) is 5. The molecule has 0 radical (unpaired) electrons. The lowest BCUT2D eigenvalue weighted by Gasteiger charge is -2.32. The molecule has 2 amide bonds. The lowest BCUT2D eigenvalue weighted by Crippen LogP contribution is -2.47. The molecule has 0 aliphatic carbocycles. The van der Waals surface area contributed by atoms with Crippen molar-refractivity contribution in [2.24, 2.45) is 11.3 Å². The summed E-state index contributed by atoms with van der Waals surface area (Å²) in [7, 11) is 0.